The summed E-state index contributed by atoms with van der Waals surface area (Å²) in [5, 5.41) is 27.8. The molecule has 0 amide bonds. The van der Waals surface area contributed by atoms with Crippen molar-refractivity contribution in [3.05, 3.63) is 41.2 Å². The van der Waals surface area contributed by atoms with Gasteiger partial charge in [0, 0.05) is 17.1 Å². The number of nitriles is 2. The Morgan fingerprint density at radius 3 is 2.46 bits per heavy atom. The van der Waals surface area contributed by atoms with Crippen molar-refractivity contribution >= 4 is 33.0 Å². The van der Waals surface area contributed by atoms with Crippen molar-refractivity contribution in [1.29, 1.82) is 10.5 Å². The largest absolute Gasteiger partial charge is 0.249 e. The molecule has 0 atom stereocenters. The van der Waals surface area contributed by atoms with Gasteiger partial charge in [-0.05, 0) is 6.92 Å². The molecule has 24 heavy (non-hydrogen) atoms. The third-order valence-electron chi connectivity index (χ3n) is 2.92. The molecule has 0 saturated carbocycles. The van der Waals surface area contributed by atoms with Crippen LogP contribution in [0.4, 0.5) is 10.1 Å². The Hall–Kier alpha value is -3.01. The van der Waals surface area contributed by atoms with Crippen LogP contribution >= 0.6 is 22.9 Å². The molecule has 3 aromatic rings. The van der Waals surface area contributed by atoms with Crippen molar-refractivity contribution in [2.24, 2.45) is 10.2 Å². The zero-order chi connectivity index (χ0) is 16.9. The van der Waals surface area contributed by atoms with Gasteiger partial charge in [-0.15, -0.1) is 10.2 Å². The van der Waals surface area contributed by atoms with E-state index >= 15 is 0 Å². The molecule has 0 aliphatic rings. The van der Waals surface area contributed by atoms with Crippen LogP contribution in [0.15, 0.2) is 40.6 Å². The lowest BCUT2D eigenvalue weighted by Crippen LogP contribution is -1.90. The Morgan fingerprint density at radius 2 is 1.83 bits per heavy atom. The number of hydrogen-bond acceptors (Lipinski definition) is 9. The lowest BCUT2D eigenvalue weighted by Gasteiger charge is -1.96. The van der Waals surface area contributed by atoms with Gasteiger partial charge in [0.25, 0.3) is 0 Å². The molecule has 9 heteroatoms. The Kier molecular flexibility index (Phi) is 4.66. The van der Waals surface area contributed by atoms with Gasteiger partial charge in [0.15, 0.2) is 10.9 Å². The van der Waals surface area contributed by atoms with E-state index in [-0.39, 0.29) is 0 Å². The zero-order valence-electron chi connectivity index (χ0n) is 12.4. The topological polar surface area (TPSA) is 111 Å². The van der Waals surface area contributed by atoms with E-state index < -0.39 is 5.92 Å². The standard InChI is InChI=1S/C15H9N7S2/c1-9-18-15(24-22-9)21-20-14-12(10-5-3-2-4-6-10)19-13(23-14)11(7-16)8-17/h2-6,11H,1H3. The molecular weight excluding hydrogens is 342 g/mol. The zero-order valence-corrected chi connectivity index (χ0v) is 14.0. The van der Waals surface area contributed by atoms with Crippen LogP contribution in [0.1, 0.15) is 16.7 Å². The number of hydrogen-bond donors (Lipinski definition) is 0. The van der Waals surface area contributed by atoms with E-state index in [0.717, 1.165) is 17.1 Å². The second kappa shape index (κ2) is 7.04. The minimum absolute atomic E-state index is 0.404. The van der Waals surface area contributed by atoms with Gasteiger partial charge >= 0.3 is 0 Å². The molecule has 0 saturated heterocycles. The molecule has 1 aromatic carbocycles. The summed E-state index contributed by atoms with van der Waals surface area (Å²) in [5.74, 6) is -0.290. The fourth-order valence-electron chi connectivity index (χ4n) is 1.86. The van der Waals surface area contributed by atoms with Crippen molar-refractivity contribution in [2.75, 3.05) is 0 Å². The lowest BCUT2D eigenvalue weighted by atomic mass is 10.1. The molecule has 2 aromatic heterocycles. The molecule has 0 aliphatic heterocycles. The highest BCUT2D eigenvalue weighted by Crippen LogP contribution is 2.39. The summed E-state index contributed by atoms with van der Waals surface area (Å²) in [6.07, 6.45) is 0. The smallest absolute Gasteiger partial charge is 0.236 e. The molecule has 2 heterocycles. The summed E-state index contributed by atoms with van der Waals surface area (Å²) >= 11 is 2.33. The maximum absolute atomic E-state index is 9.08. The first kappa shape index (κ1) is 15.9. The van der Waals surface area contributed by atoms with Crippen LogP contribution in [0.2, 0.25) is 0 Å². The van der Waals surface area contributed by atoms with Gasteiger partial charge in [0.1, 0.15) is 16.5 Å². The third kappa shape index (κ3) is 3.33. The van der Waals surface area contributed by atoms with Gasteiger partial charge in [-0.25, -0.2) is 9.97 Å². The van der Waals surface area contributed by atoms with Crippen molar-refractivity contribution in [1.82, 2.24) is 14.3 Å². The number of nitrogens with zero attached hydrogens (tertiary/aromatic N) is 7. The maximum atomic E-state index is 9.08. The van der Waals surface area contributed by atoms with E-state index in [1.54, 1.807) is 6.92 Å². The fraction of sp³-hybridized carbons (Fsp3) is 0.133. The fourth-order valence-corrected chi connectivity index (χ4v) is 3.26. The molecule has 7 nitrogen and oxygen atoms in total. The van der Waals surface area contributed by atoms with Crippen LogP contribution in [0.25, 0.3) is 11.3 Å². The molecule has 0 aliphatic carbocycles. The highest BCUT2D eigenvalue weighted by atomic mass is 32.1. The molecule has 116 valence electrons. The van der Waals surface area contributed by atoms with E-state index in [1.165, 1.54) is 11.3 Å². The minimum atomic E-state index is -0.926. The molecule has 3 rings (SSSR count). The van der Waals surface area contributed by atoms with Crippen molar-refractivity contribution in [3.63, 3.8) is 0 Å². The molecule has 0 unspecified atom stereocenters. The number of azo groups is 1. The number of benzene rings is 1. The summed E-state index contributed by atoms with van der Waals surface area (Å²) in [6, 6.07) is 13.3. The molecular formula is C15H9N7S2. The van der Waals surface area contributed by atoms with Crippen LogP contribution in [0.3, 0.4) is 0 Å². The van der Waals surface area contributed by atoms with Crippen LogP contribution < -0.4 is 0 Å². The average Bonchev–Trinajstić information content (AvgIpc) is 3.21. The Labute approximate surface area is 145 Å². The van der Waals surface area contributed by atoms with Crippen molar-refractivity contribution in [2.45, 2.75) is 12.8 Å². The Balaban J connectivity index is 2.04. The lowest BCUT2D eigenvalue weighted by molar-refractivity contribution is 1.07. The van der Waals surface area contributed by atoms with Crippen LogP contribution in [-0.2, 0) is 0 Å². The van der Waals surface area contributed by atoms with Crippen LogP contribution in [-0.4, -0.2) is 14.3 Å². The van der Waals surface area contributed by atoms with Gasteiger partial charge in [-0.3, -0.25) is 0 Å². The average molecular weight is 351 g/mol. The predicted octanol–water partition coefficient (Wildman–Crippen LogP) is 4.52. The molecule has 0 N–H and O–H groups in total. The van der Waals surface area contributed by atoms with Gasteiger partial charge < -0.3 is 0 Å². The quantitative estimate of drug-likeness (QED) is 0.642. The number of rotatable bonds is 4. The first-order valence-corrected chi connectivity index (χ1v) is 8.37. The summed E-state index contributed by atoms with van der Waals surface area (Å²) in [5.41, 5.74) is 1.44. The van der Waals surface area contributed by atoms with Gasteiger partial charge in [-0.1, -0.05) is 41.7 Å². The van der Waals surface area contributed by atoms with E-state index in [4.69, 9.17) is 10.5 Å². The van der Waals surface area contributed by atoms with Gasteiger partial charge in [-0.2, -0.15) is 14.9 Å². The van der Waals surface area contributed by atoms with E-state index in [0.29, 0.717) is 26.7 Å². The Bertz CT molecular complexity index is 946. The summed E-state index contributed by atoms with van der Waals surface area (Å²) in [7, 11) is 0. The first-order chi connectivity index (χ1) is 11.7. The summed E-state index contributed by atoms with van der Waals surface area (Å²) in [4.78, 5) is 8.56. The monoisotopic (exact) mass is 351 g/mol. The minimum Gasteiger partial charge on any atom is -0.236 e. The maximum Gasteiger partial charge on any atom is 0.249 e. The molecule has 0 spiro atoms. The number of thiazole rings is 1. The molecule has 0 fully saturated rings. The van der Waals surface area contributed by atoms with Gasteiger partial charge in [0.05, 0.1) is 12.1 Å². The van der Waals surface area contributed by atoms with E-state index in [2.05, 4.69) is 24.6 Å². The van der Waals surface area contributed by atoms with Gasteiger partial charge in [0.2, 0.25) is 5.13 Å². The van der Waals surface area contributed by atoms with Crippen LogP contribution in [0, 0.1) is 29.6 Å². The highest BCUT2D eigenvalue weighted by molar-refractivity contribution is 7.16. The first-order valence-electron chi connectivity index (χ1n) is 6.78. The second-order valence-electron chi connectivity index (χ2n) is 4.59. The number of aromatic nitrogens is 3. The Morgan fingerprint density at radius 1 is 1.08 bits per heavy atom. The third-order valence-corrected chi connectivity index (χ3v) is 4.62. The van der Waals surface area contributed by atoms with E-state index in [9.17, 15) is 0 Å². The van der Waals surface area contributed by atoms with Crippen molar-refractivity contribution in [3.8, 4) is 23.4 Å². The highest BCUT2D eigenvalue weighted by Gasteiger charge is 2.19. The van der Waals surface area contributed by atoms with Crippen molar-refractivity contribution < 1.29 is 0 Å². The predicted molar refractivity (Wildman–Crippen MR) is 90.3 cm³/mol. The van der Waals surface area contributed by atoms with Crippen LogP contribution in [0.5, 0.6) is 0 Å². The molecule has 0 radical (unpaired) electrons. The summed E-state index contributed by atoms with van der Waals surface area (Å²) < 4.78 is 4.05. The summed E-state index contributed by atoms with van der Waals surface area (Å²) in [6.45, 7) is 1.78. The SMILES string of the molecule is Cc1nsc(N=Nc2sc(C(C#N)C#N)nc2-c2ccccc2)n1. The normalized spacial score (nSPS) is 10.8. The van der Waals surface area contributed by atoms with E-state index in [1.807, 2.05) is 42.5 Å². The second-order valence-corrected chi connectivity index (χ2v) is 6.33. The number of aryl methyl sites for hydroxylation is 1. The molecule has 0 bridgehead atoms.